The summed E-state index contributed by atoms with van der Waals surface area (Å²) >= 11 is 0. The molecule has 1 amide bonds. The van der Waals surface area contributed by atoms with Crippen LogP contribution >= 0.6 is 0 Å². The van der Waals surface area contributed by atoms with Crippen LogP contribution in [0.3, 0.4) is 0 Å². The van der Waals surface area contributed by atoms with Crippen molar-refractivity contribution < 1.29 is 14.3 Å². The average molecular weight is 391 g/mol. The van der Waals surface area contributed by atoms with E-state index in [4.69, 9.17) is 9.47 Å². The second kappa shape index (κ2) is 8.49. The lowest BCUT2D eigenvalue weighted by Crippen LogP contribution is -2.48. The molecule has 0 spiro atoms. The maximum absolute atomic E-state index is 12.5. The number of rotatable bonds is 5. The van der Waals surface area contributed by atoms with E-state index < -0.39 is 0 Å². The zero-order valence-corrected chi connectivity index (χ0v) is 16.8. The maximum atomic E-state index is 12.5. The molecule has 2 aromatic carbocycles. The van der Waals surface area contributed by atoms with Gasteiger partial charge in [-0.2, -0.15) is 0 Å². The SMILES string of the molecule is COc1cncc(-c2ccc(OCC(=O)N3CCN(C)CC3)c3ccccc23)c1. The van der Waals surface area contributed by atoms with Crippen LogP contribution in [0.2, 0.25) is 0 Å². The summed E-state index contributed by atoms with van der Waals surface area (Å²) in [4.78, 5) is 20.9. The number of amides is 1. The van der Waals surface area contributed by atoms with Crippen molar-refractivity contribution in [2.75, 3.05) is 46.9 Å². The first-order valence-electron chi connectivity index (χ1n) is 9.76. The first-order chi connectivity index (χ1) is 14.2. The zero-order valence-electron chi connectivity index (χ0n) is 16.8. The van der Waals surface area contributed by atoms with Crippen LogP contribution in [0.4, 0.5) is 0 Å². The average Bonchev–Trinajstić information content (AvgIpc) is 2.77. The van der Waals surface area contributed by atoms with Gasteiger partial charge in [-0.3, -0.25) is 9.78 Å². The van der Waals surface area contributed by atoms with E-state index in [0.717, 1.165) is 48.1 Å². The zero-order chi connectivity index (χ0) is 20.2. The Balaban J connectivity index is 1.57. The van der Waals surface area contributed by atoms with Crippen LogP contribution in [0.15, 0.2) is 54.9 Å². The molecule has 3 aromatic rings. The number of carbonyl (C=O) groups is 1. The lowest BCUT2D eigenvalue weighted by Gasteiger charge is -2.32. The van der Waals surface area contributed by atoms with Gasteiger partial charge in [0.05, 0.1) is 13.3 Å². The van der Waals surface area contributed by atoms with Crippen molar-refractivity contribution in [2.45, 2.75) is 0 Å². The molecule has 6 nitrogen and oxygen atoms in total. The fourth-order valence-electron chi connectivity index (χ4n) is 3.61. The number of hydrogen-bond donors (Lipinski definition) is 0. The van der Waals surface area contributed by atoms with E-state index in [-0.39, 0.29) is 12.5 Å². The number of ether oxygens (including phenoxy) is 2. The lowest BCUT2D eigenvalue weighted by atomic mass is 9.99. The third-order valence-electron chi connectivity index (χ3n) is 5.35. The molecule has 1 aliphatic heterocycles. The Morgan fingerprint density at radius 1 is 1.03 bits per heavy atom. The smallest absolute Gasteiger partial charge is 0.260 e. The Morgan fingerprint density at radius 3 is 2.55 bits per heavy atom. The van der Waals surface area contributed by atoms with Crippen molar-refractivity contribution in [2.24, 2.45) is 0 Å². The van der Waals surface area contributed by atoms with Gasteiger partial charge in [0.25, 0.3) is 5.91 Å². The van der Waals surface area contributed by atoms with Gasteiger partial charge in [-0.1, -0.05) is 24.3 Å². The van der Waals surface area contributed by atoms with Gasteiger partial charge in [-0.05, 0) is 36.2 Å². The quantitative estimate of drug-likeness (QED) is 0.669. The molecule has 150 valence electrons. The summed E-state index contributed by atoms with van der Waals surface area (Å²) in [6.45, 7) is 3.35. The first-order valence-corrected chi connectivity index (χ1v) is 9.76. The summed E-state index contributed by atoms with van der Waals surface area (Å²) in [6.07, 6.45) is 3.51. The van der Waals surface area contributed by atoms with Crippen LogP contribution in [0, 0.1) is 0 Å². The summed E-state index contributed by atoms with van der Waals surface area (Å²) in [5.74, 6) is 1.45. The monoisotopic (exact) mass is 391 g/mol. The van der Waals surface area contributed by atoms with Crippen molar-refractivity contribution in [3.05, 3.63) is 54.9 Å². The Morgan fingerprint density at radius 2 is 1.79 bits per heavy atom. The van der Waals surface area contributed by atoms with Gasteiger partial charge in [0, 0.05) is 43.3 Å². The molecule has 0 N–H and O–H groups in total. The van der Waals surface area contributed by atoms with Gasteiger partial charge in [-0.15, -0.1) is 0 Å². The van der Waals surface area contributed by atoms with Gasteiger partial charge >= 0.3 is 0 Å². The predicted molar refractivity (Wildman–Crippen MR) is 113 cm³/mol. The Hall–Kier alpha value is -3.12. The van der Waals surface area contributed by atoms with E-state index in [1.807, 2.05) is 47.5 Å². The van der Waals surface area contributed by atoms with Crippen LogP contribution < -0.4 is 9.47 Å². The molecular weight excluding hydrogens is 366 g/mol. The molecule has 1 aromatic heterocycles. The Kier molecular flexibility index (Phi) is 5.62. The van der Waals surface area contributed by atoms with Crippen LogP contribution in [-0.4, -0.2) is 67.6 Å². The first kappa shape index (κ1) is 19.2. The number of benzene rings is 2. The molecule has 0 atom stereocenters. The number of methoxy groups -OCH3 is 1. The van der Waals surface area contributed by atoms with E-state index in [9.17, 15) is 4.79 Å². The van der Waals surface area contributed by atoms with Crippen LogP contribution in [0.1, 0.15) is 0 Å². The topological polar surface area (TPSA) is 54.9 Å². The standard InChI is InChI=1S/C23H25N3O3/c1-25-9-11-26(12-10-25)23(27)16-29-22-8-7-19(20-5-3-4-6-21(20)22)17-13-18(28-2)15-24-14-17/h3-8,13-15H,9-12,16H2,1-2H3. The van der Waals surface area contributed by atoms with E-state index in [0.29, 0.717) is 11.5 Å². The summed E-state index contributed by atoms with van der Waals surface area (Å²) < 4.78 is 11.3. The third-order valence-corrected chi connectivity index (χ3v) is 5.35. The van der Waals surface area contributed by atoms with E-state index in [1.165, 1.54) is 0 Å². The largest absolute Gasteiger partial charge is 0.495 e. The van der Waals surface area contributed by atoms with Crippen molar-refractivity contribution >= 4 is 16.7 Å². The van der Waals surface area contributed by atoms with E-state index in [2.05, 4.69) is 23.0 Å². The number of piperazine rings is 1. The molecular formula is C23H25N3O3. The minimum absolute atomic E-state index is 0.0308. The van der Waals surface area contributed by atoms with Crippen LogP contribution in [0.25, 0.3) is 21.9 Å². The molecule has 4 rings (SSSR count). The number of pyridine rings is 1. The minimum atomic E-state index is 0.0308. The van der Waals surface area contributed by atoms with E-state index in [1.54, 1.807) is 13.3 Å². The van der Waals surface area contributed by atoms with E-state index >= 15 is 0 Å². The number of likely N-dealkylation sites (N-methyl/N-ethyl adjacent to an activating group) is 1. The fraction of sp³-hybridized carbons (Fsp3) is 0.304. The normalized spacial score (nSPS) is 14.8. The maximum Gasteiger partial charge on any atom is 0.260 e. The third kappa shape index (κ3) is 4.17. The van der Waals surface area contributed by atoms with Gasteiger partial charge in [0.1, 0.15) is 11.5 Å². The molecule has 0 radical (unpaired) electrons. The number of nitrogens with zero attached hydrogens (tertiary/aromatic N) is 3. The molecule has 0 bridgehead atoms. The highest BCUT2D eigenvalue weighted by molar-refractivity contribution is 6.00. The second-order valence-electron chi connectivity index (χ2n) is 7.24. The van der Waals surface area contributed by atoms with Gasteiger partial charge in [-0.25, -0.2) is 0 Å². The van der Waals surface area contributed by atoms with Gasteiger partial charge < -0.3 is 19.3 Å². The van der Waals surface area contributed by atoms with Crippen molar-refractivity contribution in [1.82, 2.24) is 14.8 Å². The highest BCUT2D eigenvalue weighted by Gasteiger charge is 2.19. The molecule has 1 aliphatic rings. The highest BCUT2D eigenvalue weighted by atomic mass is 16.5. The molecule has 0 saturated carbocycles. The van der Waals surface area contributed by atoms with Gasteiger partial charge in [0.15, 0.2) is 6.61 Å². The van der Waals surface area contributed by atoms with Crippen LogP contribution in [-0.2, 0) is 4.79 Å². The van der Waals surface area contributed by atoms with Crippen molar-refractivity contribution in [1.29, 1.82) is 0 Å². The summed E-state index contributed by atoms with van der Waals surface area (Å²) in [5.41, 5.74) is 2.02. The number of hydrogen-bond acceptors (Lipinski definition) is 5. The summed E-state index contributed by atoms with van der Waals surface area (Å²) in [6, 6.07) is 13.9. The molecule has 6 heteroatoms. The number of aromatic nitrogens is 1. The number of carbonyl (C=O) groups excluding carboxylic acids is 1. The summed E-state index contributed by atoms with van der Waals surface area (Å²) in [5, 5.41) is 2.02. The Bertz CT molecular complexity index is 1010. The van der Waals surface area contributed by atoms with Crippen molar-refractivity contribution in [3.8, 4) is 22.6 Å². The minimum Gasteiger partial charge on any atom is -0.495 e. The molecule has 0 aliphatic carbocycles. The number of fused-ring (bicyclic) bond motifs is 1. The molecule has 1 fully saturated rings. The predicted octanol–water partition coefficient (Wildman–Crippen LogP) is 3.06. The van der Waals surface area contributed by atoms with Crippen LogP contribution in [0.5, 0.6) is 11.5 Å². The van der Waals surface area contributed by atoms with Gasteiger partial charge in [0.2, 0.25) is 0 Å². The molecule has 29 heavy (non-hydrogen) atoms. The second-order valence-corrected chi connectivity index (χ2v) is 7.24. The summed E-state index contributed by atoms with van der Waals surface area (Å²) in [7, 11) is 3.71. The highest BCUT2D eigenvalue weighted by Crippen LogP contribution is 2.35. The van der Waals surface area contributed by atoms with Crippen molar-refractivity contribution in [3.63, 3.8) is 0 Å². The molecule has 1 saturated heterocycles. The Labute approximate surface area is 170 Å². The lowest BCUT2D eigenvalue weighted by molar-refractivity contribution is -0.134. The molecule has 0 unspecified atom stereocenters. The fourth-order valence-corrected chi connectivity index (χ4v) is 3.61. The molecule has 2 heterocycles.